The summed E-state index contributed by atoms with van der Waals surface area (Å²) in [7, 11) is 0. The summed E-state index contributed by atoms with van der Waals surface area (Å²) in [4.78, 5) is 25.4. The molecule has 7 atom stereocenters. The standard InChI is InChI=1S/C21H30O3/c1-12(22)16-6-7-17-15-5-4-13-10-14(23)8-9-20(13,2)19(15)18(24)11-21(16,17)3/h6,13-15,17,19,23H,4-5,7-11H2,1-3H3/t13-,14+,15?,17?,19?,20?,21?/m0/s1. The van der Waals surface area contributed by atoms with E-state index in [2.05, 4.69) is 19.9 Å². The highest BCUT2D eigenvalue weighted by Crippen LogP contribution is 2.65. The highest BCUT2D eigenvalue weighted by molar-refractivity contribution is 5.97. The average molecular weight is 330 g/mol. The second-order valence-corrected chi connectivity index (χ2v) is 9.43. The molecule has 0 aliphatic heterocycles. The van der Waals surface area contributed by atoms with Crippen molar-refractivity contribution in [2.75, 3.05) is 0 Å². The van der Waals surface area contributed by atoms with E-state index in [1.807, 2.05) is 0 Å². The van der Waals surface area contributed by atoms with E-state index in [1.165, 1.54) is 0 Å². The van der Waals surface area contributed by atoms with Crippen molar-refractivity contribution >= 4 is 11.6 Å². The van der Waals surface area contributed by atoms with E-state index in [4.69, 9.17) is 0 Å². The first-order chi connectivity index (χ1) is 11.3. The van der Waals surface area contributed by atoms with Crippen LogP contribution in [0.1, 0.15) is 65.7 Å². The number of carbonyl (C=O) groups is 2. The monoisotopic (exact) mass is 330 g/mol. The zero-order valence-corrected chi connectivity index (χ0v) is 15.2. The van der Waals surface area contributed by atoms with Gasteiger partial charge in [-0.3, -0.25) is 9.59 Å². The number of carbonyl (C=O) groups excluding carboxylic acids is 2. The van der Waals surface area contributed by atoms with Crippen LogP contribution >= 0.6 is 0 Å². The van der Waals surface area contributed by atoms with Gasteiger partial charge in [-0.15, -0.1) is 0 Å². The molecule has 4 rings (SSSR count). The van der Waals surface area contributed by atoms with Crippen LogP contribution in [0.3, 0.4) is 0 Å². The van der Waals surface area contributed by atoms with Crippen LogP contribution in [0.25, 0.3) is 0 Å². The molecule has 3 fully saturated rings. The lowest BCUT2D eigenvalue weighted by Crippen LogP contribution is -2.57. The smallest absolute Gasteiger partial charge is 0.156 e. The molecule has 4 aliphatic carbocycles. The Kier molecular flexibility index (Phi) is 3.62. The highest BCUT2D eigenvalue weighted by atomic mass is 16.3. The maximum absolute atomic E-state index is 13.3. The normalized spacial score (nSPS) is 50.6. The van der Waals surface area contributed by atoms with Crippen LogP contribution in [0.2, 0.25) is 0 Å². The zero-order valence-electron chi connectivity index (χ0n) is 15.2. The van der Waals surface area contributed by atoms with Crippen LogP contribution in [0.5, 0.6) is 0 Å². The Bertz CT molecular complexity index is 621. The van der Waals surface area contributed by atoms with E-state index < -0.39 is 0 Å². The molecule has 3 nitrogen and oxygen atoms in total. The van der Waals surface area contributed by atoms with Crippen molar-refractivity contribution in [3.05, 3.63) is 11.6 Å². The third-order valence-electron chi connectivity index (χ3n) is 8.29. The summed E-state index contributed by atoms with van der Waals surface area (Å²) in [6.07, 6.45) is 8.34. The van der Waals surface area contributed by atoms with Gasteiger partial charge in [-0.25, -0.2) is 0 Å². The van der Waals surface area contributed by atoms with E-state index in [9.17, 15) is 14.7 Å². The van der Waals surface area contributed by atoms with Gasteiger partial charge in [-0.1, -0.05) is 19.9 Å². The molecule has 0 aromatic rings. The van der Waals surface area contributed by atoms with Crippen molar-refractivity contribution in [2.45, 2.75) is 71.8 Å². The lowest BCUT2D eigenvalue weighted by atomic mass is 9.44. The quantitative estimate of drug-likeness (QED) is 0.797. The van der Waals surface area contributed by atoms with Crippen LogP contribution in [-0.4, -0.2) is 22.8 Å². The van der Waals surface area contributed by atoms with Crippen molar-refractivity contribution in [3.8, 4) is 0 Å². The molecule has 0 aromatic carbocycles. The van der Waals surface area contributed by atoms with E-state index in [0.717, 1.165) is 44.1 Å². The van der Waals surface area contributed by atoms with Crippen LogP contribution in [0.4, 0.5) is 0 Å². The van der Waals surface area contributed by atoms with Gasteiger partial charge in [0.2, 0.25) is 0 Å². The first-order valence-electron chi connectivity index (χ1n) is 9.69. The van der Waals surface area contributed by atoms with Gasteiger partial charge >= 0.3 is 0 Å². The van der Waals surface area contributed by atoms with Crippen LogP contribution in [-0.2, 0) is 9.59 Å². The number of rotatable bonds is 1. The minimum atomic E-state index is -0.235. The second kappa shape index (κ2) is 5.27. The number of aliphatic hydroxyl groups excluding tert-OH is 1. The summed E-state index contributed by atoms with van der Waals surface area (Å²) < 4.78 is 0. The fraction of sp³-hybridized carbons (Fsp3) is 0.810. The summed E-state index contributed by atoms with van der Waals surface area (Å²) in [6, 6.07) is 0. The molecule has 3 heteroatoms. The summed E-state index contributed by atoms with van der Waals surface area (Å²) in [5.74, 6) is 2.02. The maximum Gasteiger partial charge on any atom is 0.156 e. The SMILES string of the molecule is CC(=O)C1=CCC2C3CC[C@H]4C[C@H](O)CCC4(C)C3C(=O)CC12C. The van der Waals surface area contributed by atoms with E-state index in [0.29, 0.717) is 30.0 Å². The van der Waals surface area contributed by atoms with Gasteiger partial charge in [0, 0.05) is 17.8 Å². The molecule has 3 saturated carbocycles. The highest BCUT2D eigenvalue weighted by Gasteiger charge is 2.62. The molecule has 1 N–H and O–H groups in total. The number of fused-ring (bicyclic) bond motifs is 5. The molecule has 132 valence electrons. The van der Waals surface area contributed by atoms with Crippen molar-refractivity contribution in [3.63, 3.8) is 0 Å². The van der Waals surface area contributed by atoms with Gasteiger partial charge in [0.05, 0.1) is 6.10 Å². The minimum Gasteiger partial charge on any atom is -0.393 e. The molecule has 0 saturated heterocycles. The van der Waals surface area contributed by atoms with Crippen LogP contribution < -0.4 is 0 Å². The number of hydrogen-bond acceptors (Lipinski definition) is 3. The molecule has 0 spiro atoms. The number of Topliss-reactive ketones (excluding diaryl/α,β-unsaturated/α-hetero) is 2. The third kappa shape index (κ3) is 2.06. The van der Waals surface area contributed by atoms with Gasteiger partial charge in [0.15, 0.2) is 5.78 Å². The number of allylic oxidation sites excluding steroid dienone is 2. The average Bonchev–Trinajstić information content (AvgIpc) is 2.84. The van der Waals surface area contributed by atoms with E-state index >= 15 is 0 Å². The predicted octanol–water partition coefficient (Wildman–Crippen LogP) is 3.69. The summed E-state index contributed by atoms with van der Waals surface area (Å²) in [6.45, 7) is 6.12. The molecule has 0 heterocycles. The predicted molar refractivity (Wildman–Crippen MR) is 92.3 cm³/mol. The maximum atomic E-state index is 13.3. The molecule has 4 aliphatic rings. The second-order valence-electron chi connectivity index (χ2n) is 9.43. The molecular formula is C21H30O3. The Morgan fingerprint density at radius 2 is 2.00 bits per heavy atom. The number of aliphatic hydroxyl groups is 1. The Labute approximate surface area is 144 Å². The topological polar surface area (TPSA) is 54.4 Å². The van der Waals surface area contributed by atoms with Gasteiger partial charge in [-0.2, -0.15) is 0 Å². The lowest BCUT2D eigenvalue weighted by molar-refractivity contribution is -0.158. The Hall–Kier alpha value is -0.960. The summed E-state index contributed by atoms with van der Waals surface area (Å²) >= 11 is 0. The van der Waals surface area contributed by atoms with Crippen molar-refractivity contribution in [1.29, 1.82) is 0 Å². The van der Waals surface area contributed by atoms with E-state index in [1.54, 1.807) is 6.92 Å². The molecule has 5 unspecified atom stereocenters. The Morgan fingerprint density at radius 3 is 2.71 bits per heavy atom. The minimum absolute atomic E-state index is 0.0551. The molecule has 0 amide bonds. The van der Waals surface area contributed by atoms with Gasteiger partial charge < -0.3 is 5.11 Å². The molecule has 0 radical (unpaired) electrons. The van der Waals surface area contributed by atoms with Crippen molar-refractivity contribution in [1.82, 2.24) is 0 Å². The summed E-state index contributed by atoms with van der Waals surface area (Å²) in [5, 5.41) is 10.1. The first kappa shape index (κ1) is 16.5. The van der Waals surface area contributed by atoms with Crippen LogP contribution in [0.15, 0.2) is 11.6 Å². The largest absolute Gasteiger partial charge is 0.393 e. The number of ketones is 2. The Balaban J connectivity index is 1.69. The number of hydrogen-bond donors (Lipinski definition) is 1. The van der Waals surface area contributed by atoms with Gasteiger partial charge in [-0.05, 0) is 74.2 Å². The molecule has 0 aromatic heterocycles. The fourth-order valence-electron chi connectivity index (χ4n) is 7.17. The molecule has 0 bridgehead atoms. The molecular weight excluding hydrogens is 300 g/mol. The zero-order chi connectivity index (χ0) is 17.3. The van der Waals surface area contributed by atoms with Crippen molar-refractivity contribution < 1.29 is 14.7 Å². The van der Waals surface area contributed by atoms with Gasteiger partial charge in [0.1, 0.15) is 5.78 Å². The van der Waals surface area contributed by atoms with Crippen molar-refractivity contribution in [2.24, 2.45) is 34.5 Å². The first-order valence-corrected chi connectivity index (χ1v) is 9.69. The van der Waals surface area contributed by atoms with E-state index in [-0.39, 0.29) is 28.6 Å². The fourth-order valence-corrected chi connectivity index (χ4v) is 7.17. The van der Waals surface area contributed by atoms with Gasteiger partial charge in [0.25, 0.3) is 0 Å². The Morgan fingerprint density at radius 1 is 1.25 bits per heavy atom. The van der Waals surface area contributed by atoms with Crippen LogP contribution in [0, 0.1) is 34.5 Å². The summed E-state index contributed by atoms with van der Waals surface area (Å²) in [5.41, 5.74) is 0.728. The lowest BCUT2D eigenvalue weighted by Gasteiger charge is -2.59. The molecule has 24 heavy (non-hydrogen) atoms. The third-order valence-corrected chi connectivity index (χ3v) is 8.29.